The molecule has 0 radical (unpaired) electrons. The molecule has 20 heavy (non-hydrogen) atoms. The highest BCUT2D eigenvalue weighted by Crippen LogP contribution is 2.07. The van der Waals surface area contributed by atoms with E-state index in [0.717, 1.165) is 45.8 Å². The van der Waals surface area contributed by atoms with Crippen LogP contribution in [-0.2, 0) is 14.3 Å². The molecule has 1 aliphatic rings. The van der Waals surface area contributed by atoms with Crippen LogP contribution in [0.3, 0.4) is 0 Å². The molecule has 1 fully saturated rings. The number of ether oxygens (including phenoxy) is 2. The van der Waals surface area contributed by atoms with E-state index in [0.29, 0.717) is 18.9 Å². The molecule has 5 heteroatoms. The Morgan fingerprint density at radius 3 is 3.00 bits per heavy atom. The maximum Gasteiger partial charge on any atom is 0.305 e. The van der Waals surface area contributed by atoms with Gasteiger partial charge in [0.05, 0.1) is 19.3 Å². The topological polar surface area (TPSA) is 50.8 Å². The molecule has 1 heterocycles. The van der Waals surface area contributed by atoms with E-state index in [9.17, 15) is 4.79 Å². The standard InChI is InChI=1S/C15H30N2O3/c1-4-19-15(18)6-5-7-16-10-14-12-17(8-9-20-14)11-13(2)3/h13-14,16H,4-12H2,1-3H3. The van der Waals surface area contributed by atoms with E-state index in [2.05, 4.69) is 24.1 Å². The lowest BCUT2D eigenvalue weighted by atomic mass is 10.2. The zero-order chi connectivity index (χ0) is 14.8. The maximum atomic E-state index is 11.2. The molecule has 1 unspecified atom stereocenters. The average Bonchev–Trinajstić information content (AvgIpc) is 2.38. The van der Waals surface area contributed by atoms with Crippen LogP contribution in [0, 0.1) is 5.92 Å². The summed E-state index contributed by atoms with van der Waals surface area (Å²) in [6.07, 6.45) is 1.58. The summed E-state index contributed by atoms with van der Waals surface area (Å²) in [4.78, 5) is 13.6. The molecule has 1 saturated heterocycles. The maximum absolute atomic E-state index is 11.2. The van der Waals surface area contributed by atoms with Crippen LogP contribution < -0.4 is 5.32 Å². The molecule has 118 valence electrons. The second-order valence-electron chi connectivity index (χ2n) is 5.76. The van der Waals surface area contributed by atoms with Crippen molar-refractivity contribution in [3.05, 3.63) is 0 Å². The molecule has 1 N–H and O–H groups in total. The SMILES string of the molecule is CCOC(=O)CCCNCC1CN(CC(C)C)CCO1. The molecule has 1 atom stereocenters. The predicted octanol–water partition coefficient (Wildman–Crippen LogP) is 1.28. The van der Waals surface area contributed by atoms with Gasteiger partial charge in [-0.2, -0.15) is 0 Å². The van der Waals surface area contributed by atoms with Crippen molar-refractivity contribution in [2.75, 3.05) is 45.9 Å². The molecule has 0 aliphatic carbocycles. The first-order valence-corrected chi connectivity index (χ1v) is 7.82. The third-order valence-corrected chi connectivity index (χ3v) is 3.26. The number of esters is 1. The Morgan fingerprint density at radius 1 is 1.50 bits per heavy atom. The number of hydrogen-bond acceptors (Lipinski definition) is 5. The molecule has 0 amide bonds. The van der Waals surface area contributed by atoms with Crippen LogP contribution in [0.5, 0.6) is 0 Å². The summed E-state index contributed by atoms with van der Waals surface area (Å²) in [5.74, 6) is 0.595. The lowest BCUT2D eigenvalue weighted by molar-refractivity contribution is -0.143. The van der Waals surface area contributed by atoms with Gasteiger partial charge in [-0.05, 0) is 25.8 Å². The second kappa shape index (κ2) is 10.1. The van der Waals surface area contributed by atoms with Crippen LogP contribution in [0.2, 0.25) is 0 Å². The minimum absolute atomic E-state index is 0.105. The lowest BCUT2D eigenvalue weighted by Gasteiger charge is -2.34. The summed E-state index contributed by atoms with van der Waals surface area (Å²) in [5, 5.41) is 3.37. The van der Waals surface area contributed by atoms with E-state index in [-0.39, 0.29) is 12.1 Å². The number of hydrogen-bond donors (Lipinski definition) is 1. The molecule has 0 aromatic rings. The third kappa shape index (κ3) is 7.82. The van der Waals surface area contributed by atoms with Gasteiger partial charge in [-0.15, -0.1) is 0 Å². The molecular weight excluding hydrogens is 256 g/mol. The Kier molecular flexibility index (Phi) is 8.82. The van der Waals surface area contributed by atoms with E-state index in [1.807, 2.05) is 6.92 Å². The Balaban J connectivity index is 2.05. The smallest absolute Gasteiger partial charge is 0.305 e. The Bertz CT molecular complexity index is 272. The van der Waals surface area contributed by atoms with E-state index in [1.54, 1.807) is 0 Å². The third-order valence-electron chi connectivity index (χ3n) is 3.26. The molecule has 1 aliphatic heterocycles. The van der Waals surface area contributed by atoms with Gasteiger partial charge in [0.2, 0.25) is 0 Å². The Hall–Kier alpha value is -0.650. The molecular formula is C15H30N2O3. The molecule has 0 saturated carbocycles. The van der Waals surface area contributed by atoms with Crippen LogP contribution in [-0.4, -0.2) is 62.9 Å². The van der Waals surface area contributed by atoms with Gasteiger partial charge in [-0.25, -0.2) is 0 Å². The first-order chi connectivity index (χ1) is 9.61. The van der Waals surface area contributed by atoms with Crippen LogP contribution in [0.4, 0.5) is 0 Å². The molecule has 0 bridgehead atoms. The van der Waals surface area contributed by atoms with Crippen molar-refractivity contribution in [1.82, 2.24) is 10.2 Å². The number of nitrogens with zero attached hydrogens (tertiary/aromatic N) is 1. The highest BCUT2D eigenvalue weighted by atomic mass is 16.5. The molecule has 0 aromatic heterocycles. The zero-order valence-electron chi connectivity index (χ0n) is 13.2. The fraction of sp³-hybridized carbons (Fsp3) is 0.933. The van der Waals surface area contributed by atoms with Crippen LogP contribution in [0.15, 0.2) is 0 Å². The van der Waals surface area contributed by atoms with Gasteiger partial charge in [0.1, 0.15) is 0 Å². The molecule has 0 aromatic carbocycles. The summed E-state index contributed by atoms with van der Waals surface area (Å²) < 4.78 is 10.7. The summed E-state index contributed by atoms with van der Waals surface area (Å²) in [6.45, 7) is 12.5. The van der Waals surface area contributed by atoms with Gasteiger partial charge in [0.15, 0.2) is 0 Å². The van der Waals surface area contributed by atoms with Crippen molar-refractivity contribution in [2.24, 2.45) is 5.92 Å². The van der Waals surface area contributed by atoms with Gasteiger partial charge < -0.3 is 14.8 Å². The van der Waals surface area contributed by atoms with Gasteiger partial charge in [-0.3, -0.25) is 9.69 Å². The van der Waals surface area contributed by atoms with Crippen molar-refractivity contribution >= 4 is 5.97 Å². The van der Waals surface area contributed by atoms with Crippen LogP contribution >= 0.6 is 0 Å². The monoisotopic (exact) mass is 286 g/mol. The lowest BCUT2D eigenvalue weighted by Crippen LogP contribution is -2.47. The number of nitrogens with one attached hydrogen (secondary N) is 1. The summed E-state index contributed by atoms with van der Waals surface area (Å²) in [7, 11) is 0. The number of carbonyl (C=O) groups is 1. The molecule has 5 nitrogen and oxygen atoms in total. The zero-order valence-corrected chi connectivity index (χ0v) is 13.2. The van der Waals surface area contributed by atoms with Crippen molar-refractivity contribution in [3.8, 4) is 0 Å². The van der Waals surface area contributed by atoms with Gasteiger partial charge in [0, 0.05) is 32.6 Å². The minimum atomic E-state index is -0.105. The largest absolute Gasteiger partial charge is 0.466 e. The number of rotatable bonds is 9. The first-order valence-electron chi connectivity index (χ1n) is 7.82. The van der Waals surface area contributed by atoms with Crippen LogP contribution in [0.25, 0.3) is 0 Å². The van der Waals surface area contributed by atoms with Crippen molar-refractivity contribution in [1.29, 1.82) is 0 Å². The summed E-state index contributed by atoms with van der Waals surface area (Å²) in [6, 6.07) is 0. The van der Waals surface area contributed by atoms with E-state index in [1.165, 1.54) is 0 Å². The molecule has 1 rings (SSSR count). The van der Waals surface area contributed by atoms with Crippen molar-refractivity contribution in [3.63, 3.8) is 0 Å². The second-order valence-corrected chi connectivity index (χ2v) is 5.76. The average molecular weight is 286 g/mol. The summed E-state index contributed by atoms with van der Waals surface area (Å²) in [5.41, 5.74) is 0. The first kappa shape index (κ1) is 17.4. The highest BCUT2D eigenvalue weighted by molar-refractivity contribution is 5.69. The predicted molar refractivity (Wildman–Crippen MR) is 79.8 cm³/mol. The van der Waals surface area contributed by atoms with Gasteiger partial charge >= 0.3 is 5.97 Å². The summed E-state index contributed by atoms with van der Waals surface area (Å²) >= 11 is 0. The highest BCUT2D eigenvalue weighted by Gasteiger charge is 2.20. The normalized spacial score (nSPS) is 20.3. The minimum Gasteiger partial charge on any atom is -0.466 e. The fourth-order valence-electron chi connectivity index (χ4n) is 2.44. The van der Waals surface area contributed by atoms with Gasteiger partial charge in [-0.1, -0.05) is 13.8 Å². The Morgan fingerprint density at radius 2 is 2.30 bits per heavy atom. The van der Waals surface area contributed by atoms with E-state index < -0.39 is 0 Å². The van der Waals surface area contributed by atoms with Crippen molar-refractivity contribution in [2.45, 2.75) is 39.7 Å². The quantitative estimate of drug-likeness (QED) is 0.511. The van der Waals surface area contributed by atoms with Crippen molar-refractivity contribution < 1.29 is 14.3 Å². The number of morpholine rings is 1. The molecule has 0 spiro atoms. The fourth-order valence-corrected chi connectivity index (χ4v) is 2.44. The van der Waals surface area contributed by atoms with Gasteiger partial charge in [0.25, 0.3) is 0 Å². The number of carbonyl (C=O) groups excluding carboxylic acids is 1. The van der Waals surface area contributed by atoms with E-state index in [4.69, 9.17) is 9.47 Å². The van der Waals surface area contributed by atoms with E-state index >= 15 is 0 Å². The van der Waals surface area contributed by atoms with Crippen LogP contribution in [0.1, 0.15) is 33.6 Å². The Labute approximate surface area is 123 Å².